The average Bonchev–Trinajstić information content (AvgIpc) is 1.62. The highest BCUT2D eigenvalue weighted by Crippen LogP contribution is 2.25. The minimum absolute atomic E-state index is 0.131. The summed E-state index contributed by atoms with van der Waals surface area (Å²) in [7, 11) is 0. The van der Waals surface area contributed by atoms with E-state index >= 15 is 0 Å². The van der Waals surface area contributed by atoms with Crippen LogP contribution < -0.4 is 0 Å². The van der Waals surface area contributed by atoms with Crippen molar-refractivity contribution in [2.24, 2.45) is 11.3 Å². The molecule has 0 aliphatic carbocycles. The van der Waals surface area contributed by atoms with Gasteiger partial charge in [0, 0.05) is 5.92 Å². The Bertz CT molecular complexity index is 108. The van der Waals surface area contributed by atoms with Gasteiger partial charge in [-0.1, -0.05) is 27.7 Å². The Balaban J connectivity index is 4.04. The molecule has 0 aromatic carbocycles. The molecule has 0 aromatic rings. The maximum atomic E-state index is 10.8. The summed E-state index contributed by atoms with van der Waals surface area (Å²) in [5.74, 6) is 0.458. The molecule has 0 bridgehead atoms. The van der Waals surface area contributed by atoms with E-state index in [1.54, 1.807) is 6.92 Å². The second-order valence-electron chi connectivity index (χ2n) is 3.70. The maximum absolute atomic E-state index is 10.8. The minimum Gasteiger partial charge on any atom is -0.300 e. The summed E-state index contributed by atoms with van der Waals surface area (Å²) < 4.78 is 0. The molecule has 0 radical (unpaired) electrons. The van der Waals surface area contributed by atoms with Crippen molar-refractivity contribution in [3.63, 3.8) is 0 Å². The van der Waals surface area contributed by atoms with Gasteiger partial charge >= 0.3 is 0 Å². The van der Waals surface area contributed by atoms with Crippen molar-refractivity contribution in [1.29, 1.82) is 0 Å². The molecule has 0 amide bonds. The van der Waals surface area contributed by atoms with Gasteiger partial charge < -0.3 is 0 Å². The Morgan fingerprint density at radius 1 is 1.33 bits per heavy atom. The summed E-state index contributed by atoms with van der Waals surface area (Å²) in [5.41, 5.74) is 0.131. The highest BCUT2D eigenvalue weighted by molar-refractivity contribution is 5.78. The van der Waals surface area contributed by atoms with E-state index in [0.717, 1.165) is 0 Å². The molecule has 0 aromatic heterocycles. The molecule has 0 saturated heterocycles. The average molecular weight is 128 g/mol. The van der Waals surface area contributed by atoms with E-state index in [1.165, 1.54) is 0 Å². The third-order valence-electron chi connectivity index (χ3n) is 1.91. The molecule has 0 rings (SSSR count). The van der Waals surface area contributed by atoms with Crippen molar-refractivity contribution in [2.75, 3.05) is 0 Å². The smallest absolute Gasteiger partial charge is 0.133 e. The van der Waals surface area contributed by atoms with Crippen LogP contribution in [-0.4, -0.2) is 5.78 Å². The molecule has 0 N–H and O–H groups in total. The van der Waals surface area contributed by atoms with Crippen molar-refractivity contribution >= 4 is 5.78 Å². The second kappa shape index (κ2) is 2.51. The number of hydrogen-bond acceptors (Lipinski definition) is 1. The second-order valence-corrected chi connectivity index (χ2v) is 3.70. The first-order valence-corrected chi connectivity index (χ1v) is 3.36. The van der Waals surface area contributed by atoms with Gasteiger partial charge in [-0.15, -0.1) is 0 Å². The van der Waals surface area contributed by atoms with Crippen molar-refractivity contribution in [3.05, 3.63) is 0 Å². The van der Waals surface area contributed by atoms with Gasteiger partial charge in [0.25, 0.3) is 0 Å². The monoisotopic (exact) mass is 128 g/mol. The molecule has 1 atom stereocenters. The first-order valence-electron chi connectivity index (χ1n) is 3.36. The van der Waals surface area contributed by atoms with Gasteiger partial charge in [0.1, 0.15) is 5.78 Å². The van der Waals surface area contributed by atoms with Gasteiger partial charge in [-0.2, -0.15) is 0 Å². The lowest BCUT2D eigenvalue weighted by molar-refractivity contribution is -0.123. The molecule has 0 heterocycles. The van der Waals surface area contributed by atoms with Crippen molar-refractivity contribution in [1.82, 2.24) is 0 Å². The molecule has 0 spiro atoms. The molecule has 54 valence electrons. The lowest BCUT2D eigenvalue weighted by Crippen LogP contribution is -2.23. The Morgan fingerprint density at radius 3 is 1.67 bits per heavy atom. The highest BCUT2D eigenvalue weighted by atomic mass is 16.1. The standard InChI is InChI=1S/C8H16O/c1-6(7(2)9)8(3,4)5/h6H,1-5H3/t6-/m0/s1. The first kappa shape index (κ1) is 8.67. The summed E-state index contributed by atoms with van der Waals surface area (Å²) in [6, 6.07) is 0. The predicted octanol–water partition coefficient (Wildman–Crippen LogP) is 2.26. The number of ketones is 1. The minimum atomic E-state index is 0.131. The van der Waals surface area contributed by atoms with Gasteiger partial charge in [-0.3, -0.25) is 4.79 Å². The molecule has 1 heteroatoms. The molecule has 1 nitrogen and oxygen atoms in total. The summed E-state index contributed by atoms with van der Waals surface area (Å²) in [6.45, 7) is 9.87. The zero-order valence-corrected chi connectivity index (χ0v) is 6.99. The van der Waals surface area contributed by atoms with Crippen LogP contribution in [0.25, 0.3) is 0 Å². The largest absolute Gasteiger partial charge is 0.300 e. The van der Waals surface area contributed by atoms with Gasteiger partial charge in [0.05, 0.1) is 0 Å². The third kappa shape index (κ3) is 2.64. The van der Waals surface area contributed by atoms with Crippen molar-refractivity contribution in [2.45, 2.75) is 34.6 Å². The van der Waals surface area contributed by atoms with Crippen LogP contribution in [0.3, 0.4) is 0 Å². The fourth-order valence-corrected chi connectivity index (χ4v) is 0.610. The van der Waals surface area contributed by atoms with E-state index in [9.17, 15) is 4.79 Å². The summed E-state index contributed by atoms with van der Waals surface area (Å²) >= 11 is 0. The Kier molecular flexibility index (Phi) is 2.41. The molecule has 0 fully saturated rings. The van der Waals surface area contributed by atoms with Crippen LogP contribution >= 0.6 is 0 Å². The van der Waals surface area contributed by atoms with Crippen LogP contribution in [0.1, 0.15) is 34.6 Å². The Morgan fingerprint density at radius 2 is 1.67 bits per heavy atom. The van der Waals surface area contributed by atoms with Gasteiger partial charge in [0.2, 0.25) is 0 Å². The van der Waals surface area contributed by atoms with E-state index in [0.29, 0.717) is 0 Å². The lowest BCUT2D eigenvalue weighted by atomic mass is 9.80. The topological polar surface area (TPSA) is 17.1 Å². The van der Waals surface area contributed by atoms with Crippen LogP contribution in [0.15, 0.2) is 0 Å². The van der Waals surface area contributed by atoms with E-state index in [2.05, 4.69) is 20.8 Å². The molecule has 0 aliphatic rings. The van der Waals surface area contributed by atoms with Crippen LogP contribution in [0, 0.1) is 11.3 Å². The third-order valence-corrected chi connectivity index (χ3v) is 1.91. The van der Waals surface area contributed by atoms with Gasteiger partial charge in [0.15, 0.2) is 0 Å². The van der Waals surface area contributed by atoms with E-state index in [4.69, 9.17) is 0 Å². The Hall–Kier alpha value is -0.330. The SMILES string of the molecule is CC(=O)[C@H](C)C(C)(C)C. The number of carbonyl (C=O) groups is 1. The summed E-state index contributed by atoms with van der Waals surface area (Å²) in [5, 5.41) is 0. The van der Waals surface area contributed by atoms with Crippen LogP contribution in [0.4, 0.5) is 0 Å². The number of carbonyl (C=O) groups excluding carboxylic acids is 1. The number of rotatable bonds is 1. The maximum Gasteiger partial charge on any atom is 0.133 e. The first-order chi connectivity index (χ1) is 3.85. The van der Waals surface area contributed by atoms with Crippen molar-refractivity contribution < 1.29 is 4.79 Å². The molecule has 9 heavy (non-hydrogen) atoms. The molecule has 0 unspecified atom stereocenters. The van der Waals surface area contributed by atoms with E-state index < -0.39 is 0 Å². The van der Waals surface area contributed by atoms with Crippen LogP contribution in [0.5, 0.6) is 0 Å². The molecule has 0 aliphatic heterocycles. The predicted molar refractivity (Wildman–Crippen MR) is 39.3 cm³/mol. The zero-order chi connectivity index (χ0) is 7.65. The van der Waals surface area contributed by atoms with Gasteiger partial charge in [-0.25, -0.2) is 0 Å². The molecular formula is C8H16O. The van der Waals surface area contributed by atoms with Gasteiger partial charge in [-0.05, 0) is 12.3 Å². The number of hydrogen-bond donors (Lipinski definition) is 0. The Labute approximate surface area is 57.5 Å². The van der Waals surface area contributed by atoms with E-state index in [-0.39, 0.29) is 17.1 Å². The summed E-state index contributed by atoms with van der Waals surface area (Å²) in [6.07, 6.45) is 0. The van der Waals surface area contributed by atoms with Crippen molar-refractivity contribution in [3.8, 4) is 0 Å². The highest BCUT2D eigenvalue weighted by Gasteiger charge is 2.23. The summed E-state index contributed by atoms with van der Waals surface area (Å²) in [4.78, 5) is 10.8. The van der Waals surface area contributed by atoms with E-state index in [1.807, 2.05) is 6.92 Å². The number of Topliss-reactive ketones (excluding diaryl/α,β-unsaturated/α-hetero) is 1. The fourth-order valence-electron chi connectivity index (χ4n) is 0.610. The van der Waals surface area contributed by atoms with Crippen LogP contribution in [0.2, 0.25) is 0 Å². The molecular weight excluding hydrogens is 112 g/mol. The lowest BCUT2D eigenvalue weighted by Gasteiger charge is -2.24. The fraction of sp³-hybridized carbons (Fsp3) is 0.875. The normalized spacial score (nSPS) is 15.2. The zero-order valence-electron chi connectivity index (χ0n) is 6.99. The molecule has 0 saturated carbocycles. The quantitative estimate of drug-likeness (QED) is 0.529. The van der Waals surface area contributed by atoms with Crippen LogP contribution in [-0.2, 0) is 4.79 Å².